The van der Waals surface area contributed by atoms with Crippen molar-refractivity contribution < 1.29 is 14.3 Å². The van der Waals surface area contributed by atoms with Crippen molar-refractivity contribution in [2.45, 2.75) is 12.8 Å². The molecule has 1 aromatic carbocycles. The number of hydrogen-bond donors (Lipinski definition) is 0. The van der Waals surface area contributed by atoms with Gasteiger partial charge in [-0.3, -0.25) is 14.5 Å². The molecule has 0 atom stereocenters. The lowest BCUT2D eigenvalue weighted by Gasteiger charge is -2.13. The largest absolute Gasteiger partial charge is 0.469 e. The van der Waals surface area contributed by atoms with E-state index in [9.17, 15) is 9.59 Å². The summed E-state index contributed by atoms with van der Waals surface area (Å²) in [4.78, 5) is 25.6. The minimum Gasteiger partial charge on any atom is -0.469 e. The SMILES string of the molecule is COC(=O)CCCN1C(=O)C(=Cc2ccc(Br)cc2)SC1=S. The van der Waals surface area contributed by atoms with E-state index < -0.39 is 0 Å². The lowest BCUT2D eigenvalue weighted by atomic mass is 10.2. The topological polar surface area (TPSA) is 46.6 Å². The molecule has 0 unspecified atom stereocenters. The number of methoxy groups -OCH3 is 1. The van der Waals surface area contributed by atoms with Crippen molar-refractivity contribution in [2.75, 3.05) is 13.7 Å². The van der Waals surface area contributed by atoms with Crippen LogP contribution in [-0.2, 0) is 14.3 Å². The molecule has 1 aliphatic rings. The summed E-state index contributed by atoms with van der Waals surface area (Å²) in [5.41, 5.74) is 0.943. The van der Waals surface area contributed by atoms with Crippen LogP contribution in [0.5, 0.6) is 0 Å². The van der Waals surface area contributed by atoms with Crippen LogP contribution >= 0.6 is 39.9 Å². The molecule has 0 aromatic heterocycles. The minimum atomic E-state index is -0.282. The summed E-state index contributed by atoms with van der Waals surface area (Å²) < 4.78 is 6.09. The molecule has 1 heterocycles. The van der Waals surface area contributed by atoms with Gasteiger partial charge in [0.25, 0.3) is 5.91 Å². The van der Waals surface area contributed by atoms with E-state index in [0.29, 0.717) is 22.2 Å². The number of esters is 1. The fourth-order valence-electron chi connectivity index (χ4n) is 1.89. The first-order valence-electron chi connectivity index (χ1n) is 6.59. The molecular weight excluding hydrogens is 386 g/mol. The second kappa shape index (κ2) is 7.89. The number of amides is 1. The standard InChI is InChI=1S/C15H14BrNO3S2/c1-20-13(18)3-2-8-17-14(19)12(22-15(17)21)9-10-4-6-11(16)7-5-10/h4-7,9H,2-3,8H2,1H3. The van der Waals surface area contributed by atoms with E-state index in [4.69, 9.17) is 12.2 Å². The van der Waals surface area contributed by atoms with Gasteiger partial charge in [-0.1, -0.05) is 52.0 Å². The summed E-state index contributed by atoms with van der Waals surface area (Å²) in [6.45, 7) is 0.428. The lowest BCUT2D eigenvalue weighted by Crippen LogP contribution is -2.29. The van der Waals surface area contributed by atoms with Crippen LogP contribution in [0.1, 0.15) is 18.4 Å². The van der Waals surface area contributed by atoms with E-state index in [0.717, 1.165) is 10.0 Å². The number of benzene rings is 1. The van der Waals surface area contributed by atoms with Crippen molar-refractivity contribution in [1.82, 2.24) is 4.90 Å². The van der Waals surface area contributed by atoms with E-state index in [1.807, 2.05) is 30.3 Å². The zero-order valence-corrected chi connectivity index (χ0v) is 15.1. The van der Waals surface area contributed by atoms with Crippen LogP contribution < -0.4 is 0 Å². The van der Waals surface area contributed by atoms with Crippen LogP contribution in [0.15, 0.2) is 33.6 Å². The fourth-order valence-corrected chi connectivity index (χ4v) is 3.46. The molecule has 1 aromatic rings. The number of thiocarbonyl (C=S) groups is 1. The predicted molar refractivity (Wildman–Crippen MR) is 95.3 cm³/mol. The average Bonchev–Trinajstić information content (AvgIpc) is 2.76. The Morgan fingerprint density at radius 2 is 2.09 bits per heavy atom. The third-order valence-corrected chi connectivity index (χ3v) is 4.94. The van der Waals surface area contributed by atoms with Crippen molar-refractivity contribution in [1.29, 1.82) is 0 Å². The van der Waals surface area contributed by atoms with Crippen molar-refractivity contribution in [3.05, 3.63) is 39.2 Å². The van der Waals surface area contributed by atoms with Crippen LogP contribution in [0, 0.1) is 0 Å². The normalized spacial score (nSPS) is 16.5. The van der Waals surface area contributed by atoms with E-state index in [1.165, 1.54) is 23.8 Å². The Labute approximate surface area is 147 Å². The third-order valence-electron chi connectivity index (χ3n) is 3.03. The first-order valence-corrected chi connectivity index (χ1v) is 8.61. The molecule has 116 valence electrons. The van der Waals surface area contributed by atoms with Gasteiger partial charge in [-0.2, -0.15) is 0 Å². The number of halogens is 1. The van der Waals surface area contributed by atoms with E-state index in [2.05, 4.69) is 20.7 Å². The number of carbonyl (C=O) groups is 2. The van der Waals surface area contributed by atoms with Crippen molar-refractivity contribution in [2.24, 2.45) is 0 Å². The average molecular weight is 400 g/mol. The molecule has 4 nitrogen and oxygen atoms in total. The highest BCUT2D eigenvalue weighted by atomic mass is 79.9. The maximum Gasteiger partial charge on any atom is 0.305 e. The van der Waals surface area contributed by atoms with E-state index >= 15 is 0 Å². The molecule has 7 heteroatoms. The summed E-state index contributed by atoms with van der Waals surface area (Å²) in [5.74, 6) is -0.390. The van der Waals surface area contributed by atoms with Crippen LogP contribution in [0.2, 0.25) is 0 Å². The van der Waals surface area contributed by atoms with Gasteiger partial charge in [0.05, 0.1) is 12.0 Å². The van der Waals surface area contributed by atoms with Crippen molar-refractivity contribution >= 4 is 62.2 Å². The number of thioether (sulfide) groups is 1. The molecule has 22 heavy (non-hydrogen) atoms. The summed E-state index contributed by atoms with van der Waals surface area (Å²) in [7, 11) is 1.35. The molecule has 0 radical (unpaired) electrons. The maximum atomic E-state index is 12.4. The quantitative estimate of drug-likeness (QED) is 0.429. The Morgan fingerprint density at radius 3 is 2.73 bits per heavy atom. The maximum absolute atomic E-state index is 12.4. The number of carbonyl (C=O) groups excluding carboxylic acids is 2. The molecule has 2 rings (SSSR count). The Kier molecular flexibility index (Phi) is 6.16. The van der Waals surface area contributed by atoms with Gasteiger partial charge < -0.3 is 4.74 Å². The Morgan fingerprint density at radius 1 is 1.41 bits per heavy atom. The predicted octanol–water partition coefficient (Wildman–Crippen LogP) is 3.60. The van der Waals surface area contributed by atoms with Gasteiger partial charge >= 0.3 is 5.97 Å². The lowest BCUT2D eigenvalue weighted by molar-refractivity contribution is -0.141. The number of ether oxygens (including phenoxy) is 1. The monoisotopic (exact) mass is 399 g/mol. The van der Waals surface area contributed by atoms with Crippen molar-refractivity contribution in [3.8, 4) is 0 Å². The molecule has 0 bridgehead atoms. The Balaban J connectivity index is 2.02. The molecular formula is C15H14BrNO3S2. The fraction of sp³-hybridized carbons (Fsp3) is 0.267. The van der Waals surface area contributed by atoms with E-state index in [1.54, 1.807) is 0 Å². The Hall–Kier alpha value is -1.18. The van der Waals surface area contributed by atoms with Gasteiger partial charge in [0.2, 0.25) is 0 Å². The zero-order chi connectivity index (χ0) is 16.1. The molecule has 1 fully saturated rings. The first kappa shape index (κ1) is 17.2. The highest BCUT2D eigenvalue weighted by Gasteiger charge is 2.31. The van der Waals surface area contributed by atoms with Gasteiger partial charge in [-0.15, -0.1) is 0 Å². The van der Waals surface area contributed by atoms with Crippen molar-refractivity contribution in [3.63, 3.8) is 0 Å². The van der Waals surface area contributed by atoms with Crippen LogP contribution in [0.4, 0.5) is 0 Å². The molecule has 0 aliphatic carbocycles. The zero-order valence-electron chi connectivity index (χ0n) is 11.9. The molecule has 1 amide bonds. The van der Waals surface area contributed by atoms with Gasteiger partial charge in [0.1, 0.15) is 4.32 Å². The smallest absolute Gasteiger partial charge is 0.305 e. The second-order valence-corrected chi connectivity index (χ2v) is 7.16. The van der Waals surface area contributed by atoms with Gasteiger partial charge in [0, 0.05) is 17.4 Å². The van der Waals surface area contributed by atoms with Crippen LogP contribution in [0.3, 0.4) is 0 Å². The summed E-state index contributed by atoms with van der Waals surface area (Å²) >= 11 is 9.90. The number of nitrogens with zero attached hydrogens (tertiary/aromatic N) is 1. The molecule has 0 spiro atoms. The molecule has 0 N–H and O–H groups in total. The van der Waals surface area contributed by atoms with Crippen LogP contribution in [-0.4, -0.2) is 34.8 Å². The van der Waals surface area contributed by atoms with E-state index in [-0.39, 0.29) is 18.3 Å². The molecule has 0 saturated carbocycles. The minimum absolute atomic E-state index is 0.109. The van der Waals surface area contributed by atoms with Gasteiger partial charge in [-0.05, 0) is 30.2 Å². The summed E-state index contributed by atoms with van der Waals surface area (Å²) in [6.07, 6.45) is 2.63. The Bertz CT molecular complexity index is 628. The van der Waals surface area contributed by atoms with Gasteiger partial charge in [-0.25, -0.2) is 0 Å². The second-order valence-electron chi connectivity index (χ2n) is 4.56. The molecule has 1 saturated heterocycles. The summed E-state index contributed by atoms with van der Waals surface area (Å²) in [5, 5.41) is 0. The highest BCUT2D eigenvalue weighted by molar-refractivity contribution is 9.10. The number of rotatable bonds is 5. The molecule has 1 aliphatic heterocycles. The third kappa shape index (κ3) is 4.41. The van der Waals surface area contributed by atoms with Gasteiger partial charge in [0.15, 0.2) is 0 Å². The highest BCUT2D eigenvalue weighted by Crippen LogP contribution is 2.32. The van der Waals surface area contributed by atoms with Crippen LogP contribution in [0.25, 0.3) is 6.08 Å². The first-order chi connectivity index (χ1) is 10.5. The summed E-state index contributed by atoms with van der Waals surface area (Å²) in [6, 6.07) is 7.69. The number of hydrogen-bond acceptors (Lipinski definition) is 5.